The van der Waals surface area contributed by atoms with Crippen molar-refractivity contribution in [3.8, 4) is 0 Å². The summed E-state index contributed by atoms with van der Waals surface area (Å²) in [6.07, 6.45) is 1.52. The molecule has 0 aliphatic carbocycles. The molecule has 0 amide bonds. The van der Waals surface area contributed by atoms with Gasteiger partial charge in [-0.25, -0.2) is 0 Å². The molecule has 2 aromatic rings. The van der Waals surface area contributed by atoms with Crippen LogP contribution in [0.1, 0.15) is 34.8 Å². The molecule has 2 aromatic carbocycles. The van der Waals surface area contributed by atoms with Gasteiger partial charge in [0.1, 0.15) is 0 Å². The van der Waals surface area contributed by atoms with Gasteiger partial charge in [-0.05, 0) is 18.4 Å². The summed E-state index contributed by atoms with van der Waals surface area (Å²) in [5.74, 6) is -0.276. The Bertz CT molecular complexity index is 629. The molecule has 0 aliphatic heterocycles. The lowest BCUT2D eigenvalue weighted by Gasteiger charge is -2.09. The number of benzene rings is 2. The molecule has 3 nitrogen and oxygen atoms in total. The topological polar surface area (TPSA) is 43.4 Å². The molecule has 0 fully saturated rings. The molecule has 3 heteroatoms. The summed E-state index contributed by atoms with van der Waals surface area (Å²) in [5.41, 5.74) is 2.48. The highest BCUT2D eigenvalue weighted by atomic mass is 16.5. The van der Waals surface area contributed by atoms with Gasteiger partial charge < -0.3 is 4.74 Å². The van der Waals surface area contributed by atoms with Gasteiger partial charge in [0.05, 0.1) is 13.0 Å². The van der Waals surface area contributed by atoms with Crippen LogP contribution in [0.5, 0.6) is 0 Å². The lowest BCUT2D eigenvalue weighted by Crippen LogP contribution is -2.13. The number of ketones is 1. The van der Waals surface area contributed by atoms with Crippen LogP contribution in [0.3, 0.4) is 0 Å². The van der Waals surface area contributed by atoms with Gasteiger partial charge in [-0.3, -0.25) is 9.59 Å². The lowest BCUT2D eigenvalue weighted by molar-refractivity contribution is -0.145. The standard InChI is InChI=1S/C19H20O3/c1-14(19(21)22-2)8-9-15-10-12-17(13-11-15)18(20)16-6-4-3-5-7-16/h3-7,10-14H,8-9H2,1-2H3. The first kappa shape index (κ1) is 16.0. The summed E-state index contributed by atoms with van der Waals surface area (Å²) in [5, 5.41) is 0. The zero-order chi connectivity index (χ0) is 15.9. The van der Waals surface area contributed by atoms with Crippen molar-refractivity contribution < 1.29 is 14.3 Å². The maximum absolute atomic E-state index is 12.3. The molecule has 0 saturated heterocycles. The van der Waals surface area contributed by atoms with Crippen LogP contribution in [0.2, 0.25) is 0 Å². The van der Waals surface area contributed by atoms with Crippen molar-refractivity contribution in [2.75, 3.05) is 7.11 Å². The van der Waals surface area contributed by atoms with Crippen LogP contribution in [-0.4, -0.2) is 18.9 Å². The van der Waals surface area contributed by atoms with Gasteiger partial charge in [-0.1, -0.05) is 61.5 Å². The van der Waals surface area contributed by atoms with Crippen LogP contribution in [-0.2, 0) is 16.0 Å². The highest BCUT2D eigenvalue weighted by Crippen LogP contribution is 2.14. The molecule has 0 N–H and O–H groups in total. The molecular weight excluding hydrogens is 276 g/mol. The predicted octanol–water partition coefficient (Wildman–Crippen LogP) is 3.66. The monoisotopic (exact) mass is 296 g/mol. The number of rotatable bonds is 6. The first-order valence-corrected chi connectivity index (χ1v) is 7.38. The molecule has 0 bridgehead atoms. The summed E-state index contributed by atoms with van der Waals surface area (Å²) < 4.78 is 4.72. The minimum Gasteiger partial charge on any atom is -0.469 e. The summed E-state index contributed by atoms with van der Waals surface area (Å²) >= 11 is 0. The van der Waals surface area contributed by atoms with Crippen LogP contribution in [0, 0.1) is 5.92 Å². The van der Waals surface area contributed by atoms with Gasteiger partial charge in [0.2, 0.25) is 0 Å². The van der Waals surface area contributed by atoms with Crippen molar-refractivity contribution in [1.82, 2.24) is 0 Å². The molecule has 0 heterocycles. The second-order valence-electron chi connectivity index (χ2n) is 5.35. The van der Waals surface area contributed by atoms with Crippen LogP contribution >= 0.6 is 0 Å². The fourth-order valence-corrected chi connectivity index (χ4v) is 2.28. The molecule has 0 aliphatic rings. The first-order valence-electron chi connectivity index (χ1n) is 7.38. The zero-order valence-corrected chi connectivity index (χ0v) is 12.9. The van der Waals surface area contributed by atoms with Crippen molar-refractivity contribution in [2.24, 2.45) is 5.92 Å². The summed E-state index contributed by atoms with van der Waals surface area (Å²) in [7, 11) is 1.41. The van der Waals surface area contributed by atoms with E-state index in [0.717, 1.165) is 18.4 Å². The Morgan fingerprint density at radius 1 is 0.955 bits per heavy atom. The van der Waals surface area contributed by atoms with Gasteiger partial charge >= 0.3 is 5.97 Å². The van der Waals surface area contributed by atoms with Gasteiger partial charge in [0.15, 0.2) is 5.78 Å². The molecule has 1 atom stereocenters. The Hall–Kier alpha value is -2.42. The Morgan fingerprint density at radius 2 is 1.55 bits per heavy atom. The van der Waals surface area contributed by atoms with Crippen LogP contribution < -0.4 is 0 Å². The minimum atomic E-state index is -0.184. The van der Waals surface area contributed by atoms with E-state index < -0.39 is 0 Å². The molecule has 0 saturated carbocycles. The number of esters is 1. The number of methoxy groups -OCH3 is 1. The van der Waals surface area contributed by atoms with Crippen molar-refractivity contribution in [3.63, 3.8) is 0 Å². The van der Waals surface area contributed by atoms with Gasteiger partial charge in [0, 0.05) is 11.1 Å². The largest absolute Gasteiger partial charge is 0.469 e. The van der Waals surface area contributed by atoms with Crippen molar-refractivity contribution >= 4 is 11.8 Å². The Balaban J connectivity index is 1.99. The average Bonchev–Trinajstić information content (AvgIpc) is 2.59. The lowest BCUT2D eigenvalue weighted by atomic mass is 9.98. The SMILES string of the molecule is COC(=O)C(C)CCc1ccc(C(=O)c2ccccc2)cc1. The van der Waals surface area contributed by atoms with Crippen molar-refractivity contribution in [2.45, 2.75) is 19.8 Å². The Kier molecular flexibility index (Phi) is 5.48. The fourth-order valence-electron chi connectivity index (χ4n) is 2.28. The molecule has 0 spiro atoms. The number of carbonyl (C=O) groups excluding carboxylic acids is 2. The second-order valence-corrected chi connectivity index (χ2v) is 5.35. The fraction of sp³-hybridized carbons (Fsp3) is 0.263. The highest BCUT2D eigenvalue weighted by molar-refractivity contribution is 6.08. The van der Waals surface area contributed by atoms with Crippen LogP contribution in [0.15, 0.2) is 54.6 Å². The Morgan fingerprint density at radius 3 is 2.14 bits per heavy atom. The van der Waals surface area contributed by atoms with E-state index in [2.05, 4.69) is 0 Å². The number of aryl methyl sites for hydroxylation is 1. The minimum absolute atomic E-state index is 0.0232. The average molecular weight is 296 g/mol. The third-order valence-corrected chi connectivity index (χ3v) is 3.72. The van der Waals surface area contributed by atoms with Crippen molar-refractivity contribution in [3.05, 3.63) is 71.3 Å². The molecule has 22 heavy (non-hydrogen) atoms. The van der Waals surface area contributed by atoms with E-state index in [1.807, 2.05) is 61.5 Å². The van der Waals surface area contributed by atoms with Crippen molar-refractivity contribution in [1.29, 1.82) is 0 Å². The Labute approximate surface area is 130 Å². The third-order valence-electron chi connectivity index (χ3n) is 3.72. The maximum Gasteiger partial charge on any atom is 0.308 e. The summed E-state index contributed by atoms with van der Waals surface area (Å²) in [6.45, 7) is 1.86. The zero-order valence-electron chi connectivity index (χ0n) is 12.9. The van der Waals surface area contributed by atoms with E-state index in [1.54, 1.807) is 0 Å². The molecule has 2 rings (SSSR count). The summed E-state index contributed by atoms with van der Waals surface area (Å²) in [4.78, 5) is 23.7. The van der Waals surface area contributed by atoms with Crippen LogP contribution in [0.25, 0.3) is 0 Å². The maximum atomic E-state index is 12.3. The quantitative estimate of drug-likeness (QED) is 0.603. The number of carbonyl (C=O) groups is 2. The number of ether oxygens (including phenoxy) is 1. The third kappa shape index (κ3) is 4.04. The molecule has 0 aromatic heterocycles. The highest BCUT2D eigenvalue weighted by Gasteiger charge is 2.13. The predicted molar refractivity (Wildman–Crippen MR) is 85.8 cm³/mol. The molecular formula is C19H20O3. The first-order chi connectivity index (χ1) is 10.6. The van der Waals surface area contributed by atoms with Gasteiger partial charge in [-0.15, -0.1) is 0 Å². The molecule has 0 radical (unpaired) electrons. The van der Waals surface area contributed by atoms with Gasteiger partial charge in [-0.2, -0.15) is 0 Å². The molecule has 1 unspecified atom stereocenters. The van der Waals surface area contributed by atoms with Crippen LogP contribution in [0.4, 0.5) is 0 Å². The van der Waals surface area contributed by atoms with E-state index in [9.17, 15) is 9.59 Å². The number of hydrogen-bond donors (Lipinski definition) is 0. The molecule has 114 valence electrons. The smallest absolute Gasteiger partial charge is 0.308 e. The second kappa shape index (κ2) is 7.55. The number of hydrogen-bond acceptors (Lipinski definition) is 3. The van der Waals surface area contributed by atoms with E-state index in [-0.39, 0.29) is 17.7 Å². The van der Waals surface area contributed by atoms with E-state index in [0.29, 0.717) is 11.1 Å². The van der Waals surface area contributed by atoms with Gasteiger partial charge in [0.25, 0.3) is 0 Å². The van der Waals surface area contributed by atoms with E-state index in [4.69, 9.17) is 4.74 Å². The van der Waals surface area contributed by atoms with E-state index in [1.165, 1.54) is 7.11 Å². The normalized spacial score (nSPS) is 11.7. The summed E-state index contributed by atoms with van der Waals surface area (Å²) in [6, 6.07) is 16.8. The van der Waals surface area contributed by atoms with E-state index >= 15 is 0 Å².